The van der Waals surface area contributed by atoms with Gasteiger partial charge in [0, 0.05) is 18.5 Å². The number of aromatic nitrogens is 1. The second-order valence-electron chi connectivity index (χ2n) is 4.95. The fourth-order valence-electron chi connectivity index (χ4n) is 1.48. The molecule has 1 rings (SSSR count). The summed E-state index contributed by atoms with van der Waals surface area (Å²) in [6.07, 6.45) is -0.0638. The highest BCUT2D eigenvalue weighted by atomic mass is 16.5. The minimum Gasteiger partial charge on any atom is -0.481 e. The van der Waals surface area contributed by atoms with E-state index in [1.54, 1.807) is 13.8 Å². The lowest BCUT2D eigenvalue weighted by molar-refractivity contribution is -0.149. The lowest BCUT2D eigenvalue weighted by Crippen LogP contribution is -2.33. The lowest BCUT2D eigenvalue weighted by atomic mass is 9.89. The number of nitrogens with zero attached hydrogens (tertiary/aromatic N) is 1. The van der Waals surface area contributed by atoms with Gasteiger partial charge in [0.05, 0.1) is 11.1 Å². The van der Waals surface area contributed by atoms with Crippen molar-refractivity contribution in [3.63, 3.8) is 0 Å². The first-order chi connectivity index (χ1) is 8.24. The van der Waals surface area contributed by atoms with E-state index in [0.717, 1.165) is 11.3 Å². The molecule has 18 heavy (non-hydrogen) atoms. The highest BCUT2D eigenvalue weighted by molar-refractivity contribution is 5.84. The van der Waals surface area contributed by atoms with Gasteiger partial charge in [0.1, 0.15) is 5.76 Å². The molecule has 0 saturated carbocycles. The van der Waals surface area contributed by atoms with E-state index in [2.05, 4.69) is 10.5 Å². The van der Waals surface area contributed by atoms with E-state index in [9.17, 15) is 9.59 Å². The maximum Gasteiger partial charge on any atom is 0.309 e. The molecule has 1 aromatic heterocycles. The monoisotopic (exact) mass is 254 g/mol. The smallest absolute Gasteiger partial charge is 0.309 e. The maximum absolute atomic E-state index is 11.7. The van der Waals surface area contributed by atoms with Crippen molar-refractivity contribution in [2.75, 3.05) is 0 Å². The minimum absolute atomic E-state index is 0.0638. The Morgan fingerprint density at radius 3 is 2.44 bits per heavy atom. The van der Waals surface area contributed by atoms with Crippen LogP contribution >= 0.6 is 0 Å². The summed E-state index contributed by atoms with van der Waals surface area (Å²) in [5.74, 6) is -0.636. The van der Waals surface area contributed by atoms with Crippen LogP contribution in [0.25, 0.3) is 0 Å². The van der Waals surface area contributed by atoms with Gasteiger partial charge in [0.15, 0.2) is 0 Å². The maximum atomic E-state index is 11.7. The number of carboxylic acid groups (broad SMARTS) is 1. The summed E-state index contributed by atoms with van der Waals surface area (Å²) in [5.41, 5.74) is 0.491. The largest absolute Gasteiger partial charge is 0.481 e. The Morgan fingerprint density at radius 1 is 1.39 bits per heavy atom. The number of amides is 1. The summed E-state index contributed by atoms with van der Waals surface area (Å²) >= 11 is 0. The van der Waals surface area contributed by atoms with Crippen molar-refractivity contribution < 1.29 is 19.2 Å². The molecule has 0 saturated heterocycles. The average molecular weight is 254 g/mol. The number of carboxylic acids is 1. The van der Waals surface area contributed by atoms with Gasteiger partial charge in [-0.05, 0) is 27.7 Å². The van der Waals surface area contributed by atoms with E-state index in [1.165, 1.54) is 13.8 Å². The van der Waals surface area contributed by atoms with Crippen LogP contribution < -0.4 is 5.32 Å². The molecule has 0 spiro atoms. The quantitative estimate of drug-likeness (QED) is 0.828. The van der Waals surface area contributed by atoms with Crippen molar-refractivity contribution in [1.82, 2.24) is 10.5 Å². The third-order valence-corrected chi connectivity index (χ3v) is 2.83. The number of hydrogen-bond donors (Lipinski definition) is 2. The van der Waals surface area contributed by atoms with Gasteiger partial charge >= 0.3 is 5.97 Å². The van der Waals surface area contributed by atoms with Crippen molar-refractivity contribution in [2.24, 2.45) is 5.41 Å². The lowest BCUT2D eigenvalue weighted by Gasteiger charge is -2.18. The second-order valence-corrected chi connectivity index (χ2v) is 4.95. The molecule has 0 bridgehead atoms. The summed E-state index contributed by atoms with van der Waals surface area (Å²) in [5, 5.41) is 15.4. The van der Waals surface area contributed by atoms with Crippen LogP contribution in [0.15, 0.2) is 4.52 Å². The van der Waals surface area contributed by atoms with Crippen molar-refractivity contribution in [2.45, 2.75) is 40.7 Å². The Hall–Kier alpha value is -1.85. The molecule has 0 aliphatic carbocycles. The summed E-state index contributed by atoms with van der Waals surface area (Å²) in [4.78, 5) is 22.5. The minimum atomic E-state index is -1.07. The molecule has 100 valence electrons. The Balaban J connectivity index is 2.55. The zero-order chi connectivity index (χ0) is 13.9. The van der Waals surface area contributed by atoms with E-state index < -0.39 is 11.4 Å². The van der Waals surface area contributed by atoms with Crippen molar-refractivity contribution >= 4 is 11.9 Å². The molecule has 6 nitrogen and oxygen atoms in total. The Bertz CT molecular complexity index is 443. The normalized spacial score (nSPS) is 11.3. The molecule has 2 N–H and O–H groups in total. The first-order valence-corrected chi connectivity index (χ1v) is 5.66. The van der Waals surface area contributed by atoms with E-state index in [0.29, 0.717) is 12.3 Å². The van der Waals surface area contributed by atoms with Crippen molar-refractivity contribution in [3.05, 3.63) is 17.0 Å². The predicted octanol–water partition coefficient (Wildman–Crippen LogP) is 1.41. The van der Waals surface area contributed by atoms with Crippen LogP contribution in [-0.4, -0.2) is 22.1 Å². The zero-order valence-corrected chi connectivity index (χ0v) is 11.0. The van der Waals surface area contributed by atoms with Gasteiger partial charge < -0.3 is 14.9 Å². The van der Waals surface area contributed by atoms with Crippen molar-refractivity contribution in [1.29, 1.82) is 0 Å². The molecule has 6 heteroatoms. The van der Waals surface area contributed by atoms with Crippen LogP contribution in [0.5, 0.6) is 0 Å². The number of carbonyl (C=O) groups excluding carboxylic acids is 1. The third-order valence-electron chi connectivity index (χ3n) is 2.83. The van der Waals surface area contributed by atoms with Crippen LogP contribution in [0, 0.1) is 19.3 Å². The standard InChI is InChI=1S/C12H18N2O4/c1-7-9(8(2)18-14-7)6-13-10(15)5-12(3,4)11(16)17/h5-6H2,1-4H3,(H,13,15)(H,16,17). The predicted molar refractivity (Wildman–Crippen MR) is 63.9 cm³/mol. The van der Waals surface area contributed by atoms with E-state index >= 15 is 0 Å². The van der Waals surface area contributed by atoms with Gasteiger partial charge in [0.2, 0.25) is 5.91 Å². The van der Waals surface area contributed by atoms with Gasteiger partial charge in [-0.15, -0.1) is 0 Å². The Labute approximate surface area is 105 Å². The second kappa shape index (κ2) is 5.20. The van der Waals surface area contributed by atoms with Crippen LogP contribution in [0.3, 0.4) is 0 Å². The number of nitrogens with one attached hydrogen (secondary N) is 1. The fourth-order valence-corrected chi connectivity index (χ4v) is 1.48. The summed E-state index contributed by atoms with van der Waals surface area (Å²) in [6.45, 7) is 6.90. The molecule has 0 radical (unpaired) electrons. The molecule has 1 aromatic rings. The summed E-state index contributed by atoms with van der Waals surface area (Å²) in [7, 11) is 0. The van der Waals surface area contributed by atoms with Gasteiger partial charge in [-0.3, -0.25) is 9.59 Å². The SMILES string of the molecule is Cc1noc(C)c1CNC(=O)CC(C)(C)C(=O)O. The Morgan fingerprint density at radius 2 is 2.00 bits per heavy atom. The Kier molecular flexibility index (Phi) is 4.11. The third kappa shape index (κ3) is 3.32. The van der Waals surface area contributed by atoms with E-state index in [-0.39, 0.29) is 12.3 Å². The van der Waals surface area contributed by atoms with E-state index in [4.69, 9.17) is 9.63 Å². The van der Waals surface area contributed by atoms with Gasteiger partial charge in [-0.2, -0.15) is 0 Å². The molecule has 0 unspecified atom stereocenters. The highest BCUT2D eigenvalue weighted by Crippen LogP contribution is 2.20. The topological polar surface area (TPSA) is 92.4 Å². The van der Waals surface area contributed by atoms with E-state index in [1.807, 2.05) is 0 Å². The number of rotatable bonds is 5. The molecule has 0 fully saturated rings. The van der Waals surface area contributed by atoms with Crippen LogP contribution in [0.1, 0.15) is 37.3 Å². The van der Waals surface area contributed by atoms with Gasteiger partial charge in [-0.25, -0.2) is 0 Å². The van der Waals surface area contributed by atoms with Crippen LogP contribution in [0.2, 0.25) is 0 Å². The molecule has 1 amide bonds. The van der Waals surface area contributed by atoms with Crippen LogP contribution in [-0.2, 0) is 16.1 Å². The van der Waals surface area contributed by atoms with Crippen molar-refractivity contribution in [3.8, 4) is 0 Å². The first kappa shape index (κ1) is 14.2. The number of aryl methyl sites for hydroxylation is 2. The van der Waals surface area contributed by atoms with Gasteiger partial charge in [0.25, 0.3) is 0 Å². The molecule has 0 atom stereocenters. The fraction of sp³-hybridized carbons (Fsp3) is 0.583. The van der Waals surface area contributed by atoms with Gasteiger partial charge in [-0.1, -0.05) is 5.16 Å². The molecule has 1 heterocycles. The summed E-state index contributed by atoms with van der Waals surface area (Å²) in [6, 6.07) is 0. The highest BCUT2D eigenvalue weighted by Gasteiger charge is 2.30. The number of aliphatic carboxylic acids is 1. The average Bonchev–Trinajstić information content (AvgIpc) is 2.55. The summed E-state index contributed by atoms with van der Waals surface area (Å²) < 4.78 is 4.97. The molecular weight excluding hydrogens is 236 g/mol. The van der Waals surface area contributed by atoms with Crippen LogP contribution in [0.4, 0.5) is 0 Å². The molecule has 0 aromatic carbocycles. The molecular formula is C12H18N2O4. The first-order valence-electron chi connectivity index (χ1n) is 5.66. The zero-order valence-electron chi connectivity index (χ0n) is 11.0. The molecule has 0 aliphatic heterocycles. The molecule has 0 aliphatic rings. The number of hydrogen-bond acceptors (Lipinski definition) is 4. The number of carbonyl (C=O) groups is 2.